The van der Waals surface area contributed by atoms with Gasteiger partial charge >= 0.3 is 0 Å². The lowest BCUT2D eigenvalue weighted by Crippen LogP contribution is -2.05. The van der Waals surface area contributed by atoms with Crippen LogP contribution in [0.4, 0.5) is 20.2 Å². The summed E-state index contributed by atoms with van der Waals surface area (Å²) in [4.78, 5) is 13.3. The van der Waals surface area contributed by atoms with Gasteiger partial charge in [0.15, 0.2) is 5.78 Å². The van der Waals surface area contributed by atoms with E-state index in [0.29, 0.717) is 34.9 Å². The van der Waals surface area contributed by atoms with Crippen molar-refractivity contribution in [1.82, 2.24) is 15.0 Å². The molecule has 0 saturated carbocycles. The van der Waals surface area contributed by atoms with Crippen LogP contribution in [0.5, 0.6) is 0 Å². The number of hydrogen-bond donors (Lipinski definition) is 1. The van der Waals surface area contributed by atoms with E-state index >= 15 is 0 Å². The van der Waals surface area contributed by atoms with Crippen molar-refractivity contribution in [3.05, 3.63) is 94.1 Å². The number of nitrogens with zero attached hydrogens (tertiary/aromatic N) is 3. The van der Waals surface area contributed by atoms with Gasteiger partial charge in [0.2, 0.25) is 0 Å². The van der Waals surface area contributed by atoms with Gasteiger partial charge in [-0.15, -0.1) is 16.7 Å². The van der Waals surface area contributed by atoms with Crippen LogP contribution in [0.15, 0.2) is 60.8 Å². The van der Waals surface area contributed by atoms with Gasteiger partial charge in [0, 0.05) is 34.3 Å². The number of alkyl halides is 1. The third kappa shape index (κ3) is 5.05. The topological polar surface area (TPSA) is 59.8 Å². The lowest BCUT2D eigenvalue weighted by molar-refractivity contribution is 0.103. The van der Waals surface area contributed by atoms with Crippen molar-refractivity contribution in [1.29, 1.82) is 0 Å². The second kappa shape index (κ2) is 9.68. The van der Waals surface area contributed by atoms with E-state index in [1.54, 1.807) is 29.1 Å². The molecule has 0 amide bonds. The van der Waals surface area contributed by atoms with Crippen LogP contribution in [-0.4, -0.2) is 26.7 Å². The van der Waals surface area contributed by atoms with Crippen molar-refractivity contribution in [2.45, 2.75) is 13.5 Å². The molecule has 0 aliphatic heterocycles. The van der Waals surface area contributed by atoms with E-state index in [4.69, 9.17) is 23.2 Å². The summed E-state index contributed by atoms with van der Waals surface area (Å²) in [5.74, 6) is -1.25. The normalized spacial score (nSPS) is 10.9. The second-order valence-electron chi connectivity index (χ2n) is 7.36. The van der Waals surface area contributed by atoms with E-state index in [9.17, 15) is 13.6 Å². The molecule has 33 heavy (non-hydrogen) atoms. The van der Waals surface area contributed by atoms with Gasteiger partial charge in [-0.1, -0.05) is 28.9 Å². The highest BCUT2D eigenvalue weighted by Gasteiger charge is 2.18. The number of halogens is 4. The lowest BCUT2D eigenvalue weighted by Gasteiger charge is -2.12. The third-order valence-corrected chi connectivity index (χ3v) is 5.54. The van der Waals surface area contributed by atoms with E-state index in [-0.39, 0.29) is 16.5 Å². The molecule has 4 aromatic rings. The fourth-order valence-electron chi connectivity index (χ4n) is 3.32. The van der Waals surface area contributed by atoms with Gasteiger partial charge in [-0.3, -0.25) is 9.48 Å². The minimum absolute atomic E-state index is 0.0947. The number of anilines is 2. The van der Waals surface area contributed by atoms with Gasteiger partial charge in [-0.25, -0.2) is 8.78 Å². The fourth-order valence-corrected chi connectivity index (χ4v) is 3.76. The molecule has 0 radical (unpaired) electrons. The van der Waals surface area contributed by atoms with Gasteiger partial charge in [0.05, 0.1) is 23.5 Å². The van der Waals surface area contributed by atoms with E-state index in [2.05, 4.69) is 15.6 Å². The number of hydrogen-bond acceptors (Lipinski definition) is 4. The Morgan fingerprint density at radius 1 is 1.06 bits per heavy atom. The zero-order chi connectivity index (χ0) is 23.5. The number of benzene rings is 3. The standard InChI is InChI=1S/C24H18Cl2F2N4O/c1-14-2-3-15(23-13-32(9-8-25)31-30-23)10-19(14)24(33)18-6-5-17(12-20(18)26)29-22-7-4-16(27)11-21(22)28/h2-7,10-13,29H,8-9H2,1H3. The molecule has 0 aliphatic rings. The maximum atomic E-state index is 13.9. The number of carbonyl (C=O) groups is 1. The van der Waals surface area contributed by atoms with Gasteiger partial charge in [0.25, 0.3) is 0 Å². The SMILES string of the molecule is Cc1ccc(-c2cn(CCCl)nn2)cc1C(=O)c1ccc(Nc2ccc(F)cc2F)cc1Cl. The van der Waals surface area contributed by atoms with E-state index in [0.717, 1.165) is 23.3 Å². The van der Waals surface area contributed by atoms with Gasteiger partial charge in [-0.05, 0) is 48.9 Å². The molecular weight excluding hydrogens is 469 g/mol. The van der Waals surface area contributed by atoms with Crippen molar-refractivity contribution >= 4 is 40.4 Å². The molecule has 5 nitrogen and oxygen atoms in total. The molecule has 0 fully saturated rings. The molecule has 1 aromatic heterocycles. The predicted molar refractivity (Wildman–Crippen MR) is 125 cm³/mol. The Hall–Kier alpha value is -3.29. The molecule has 1 heterocycles. The average molecular weight is 487 g/mol. The first-order valence-electron chi connectivity index (χ1n) is 9.99. The Labute approximate surface area is 199 Å². The Morgan fingerprint density at radius 3 is 2.61 bits per heavy atom. The number of carbonyl (C=O) groups excluding carboxylic acids is 1. The number of aromatic nitrogens is 3. The van der Waals surface area contributed by atoms with Gasteiger partial charge in [-0.2, -0.15) is 0 Å². The summed E-state index contributed by atoms with van der Waals surface area (Å²) in [5.41, 5.74) is 3.48. The maximum Gasteiger partial charge on any atom is 0.194 e. The van der Waals surface area contributed by atoms with Crippen LogP contribution in [0.3, 0.4) is 0 Å². The van der Waals surface area contributed by atoms with Crippen LogP contribution in [-0.2, 0) is 6.54 Å². The highest BCUT2D eigenvalue weighted by atomic mass is 35.5. The molecule has 0 saturated heterocycles. The molecule has 0 unspecified atom stereocenters. The summed E-state index contributed by atoms with van der Waals surface area (Å²) in [7, 11) is 0. The molecule has 0 bridgehead atoms. The third-order valence-electron chi connectivity index (χ3n) is 5.05. The Kier molecular flexibility index (Phi) is 6.72. The highest BCUT2D eigenvalue weighted by Crippen LogP contribution is 2.29. The van der Waals surface area contributed by atoms with Crippen molar-refractivity contribution in [2.75, 3.05) is 11.2 Å². The minimum atomic E-state index is -0.735. The first-order valence-corrected chi connectivity index (χ1v) is 10.9. The van der Waals surface area contributed by atoms with Crippen LogP contribution in [0.2, 0.25) is 5.02 Å². The Bertz CT molecular complexity index is 1340. The smallest absolute Gasteiger partial charge is 0.194 e. The number of aryl methyl sites for hydroxylation is 2. The molecule has 0 atom stereocenters. The highest BCUT2D eigenvalue weighted by molar-refractivity contribution is 6.35. The molecule has 0 aliphatic carbocycles. The second-order valence-corrected chi connectivity index (χ2v) is 8.14. The van der Waals surface area contributed by atoms with Crippen LogP contribution in [0.25, 0.3) is 11.3 Å². The average Bonchev–Trinajstić information content (AvgIpc) is 3.25. The van der Waals surface area contributed by atoms with Crippen molar-refractivity contribution in [3.8, 4) is 11.3 Å². The van der Waals surface area contributed by atoms with Crippen LogP contribution in [0.1, 0.15) is 21.5 Å². The zero-order valence-electron chi connectivity index (χ0n) is 17.4. The molecule has 0 spiro atoms. The van der Waals surface area contributed by atoms with E-state index < -0.39 is 11.6 Å². The zero-order valence-corrected chi connectivity index (χ0v) is 19.0. The quantitative estimate of drug-likeness (QED) is 0.242. The molecule has 1 N–H and O–H groups in total. The lowest BCUT2D eigenvalue weighted by atomic mass is 9.96. The summed E-state index contributed by atoms with van der Waals surface area (Å²) in [6.45, 7) is 2.37. The van der Waals surface area contributed by atoms with Crippen molar-refractivity contribution < 1.29 is 13.6 Å². The predicted octanol–water partition coefficient (Wildman–Crippen LogP) is 6.40. The number of ketones is 1. The summed E-state index contributed by atoms with van der Waals surface area (Å²) < 4.78 is 28.7. The largest absolute Gasteiger partial charge is 0.353 e. The molecule has 4 rings (SSSR count). The first kappa shape index (κ1) is 22.9. The molecule has 3 aromatic carbocycles. The van der Waals surface area contributed by atoms with Crippen LogP contribution in [0, 0.1) is 18.6 Å². The Balaban J connectivity index is 1.61. The molecule has 9 heteroatoms. The minimum Gasteiger partial charge on any atom is -0.353 e. The van der Waals surface area contributed by atoms with Crippen molar-refractivity contribution in [2.24, 2.45) is 0 Å². The van der Waals surface area contributed by atoms with Crippen LogP contribution >= 0.6 is 23.2 Å². The maximum absolute atomic E-state index is 13.9. The fraction of sp³-hybridized carbons (Fsp3) is 0.125. The van der Waals surface area contributed by atoms with Gasteiger partial charge < -0.3 is 5.32 Å². The van der Waals surface area contributed by atoms with Gasteiger partial charge in [0.1, 0.15) is 17.3 Å². The van der Waals surface area contributed by atoms with Crippen molar-refractivity contribution in [3.63, 3.8) is 0 Å². The number of rotatable bonds is 7. The summed E-state index contributed by atoms with van der Waals surface area (Å²) in [6.07, 6.45) is 1.77. The van der Waals surface area contributed by atoms with E-state index in [1.807, 2.05) is 19.1 Å². The Morgan fingerprint density at radius 2 is 1.88 bits per heavy atom. The number of nitrogens with one attached hydrogen (secondary N) is 1. The molecule has 168 valence electrons. The van der Waals surface area contributed by atoms with Crippen LogP contribution < -0.4 is 5.32 Å². The summed E-state index contributed by atoms with van der Waals surface area (Å²) >= 11 is 12.1. The summed E-state index contributed by atoms with van der Waals surface area (Å²) in [6, 6.07) is 13.4. The molecular formula is C24H18Cl2F2N4O. The first-order chi connectivity index (χ1) is 15.9. The summed E-state index contributed by atoms with van der Waals surface area (Å²) in [5, 5.41) is 11.2. The monoisotopic (exact) mass is 486 g/mol. The van der Waals surface area contributed by atoms with E-state index in [1.165, 1.54) is 12.1 Å².